The minimum Gasteiger partial charge on any atom is -0.317 e. The van der Waals surface area contributed by atoms with Gasteiger partial charge in [0.2, 0.25) is 0 Å². The molecule has 0 spiro atoms. The number of piperidine rings is 1. The molecule has 2 aromatic rings. The van der Waals surface area contributed by atoms with Gasteiger partial charge in [0, 0.05) is 22.6 Å². The summed E-state index contributed by atoms with van der Waals surface area (Å²) in [6, 6.07) is 2.85. The molecule has 1 N–H and O–H groups in total. The van der Waals surface area contributed by atoms with Crippen molar-refractivity contribution in [1.82, 2.24) is 15.3 Å². The van der Waals surface area contributed by atoms with Crippen LogP contribution < -0.4 is 5.32 Å². The van der Waals surface area contributed by atoms with Gasteiger partial charge in [-0.25, -0.2) is 9.97 Å². The average Bonchev–Trinajstić information content (AvgIpc) is 3.01. The molecule has 0 aromatic carbocycles. The van der Waals surface area contributed by atoms with E-state index in [9.17, 15) is 13.2 Å². The molecule has 1 saturated heterocycles. The maximum Gasteiger partial charge on any atom is 0.433 e. The van der Waals surface area contributed by atoms with Gasteiger partial charge in [-0.2, -0.15) is 24.5 Å². The average molecular weight is 313 g/mol. The summed E-state index contributed by atoms with van der Waals surface area (Å²) in [5.41, 5.74) is 0.286. The number of nitrogens with zero attached hydrogens (tertiary/aromatic N) is 2. The summed E-state index contributed by atoms with van der Waals surface area (Å²) in [6.45, 7) is 1.62. The van der Waals surface area contributed by atoms with E-state index < -0.39 is 11.9 Å². The highest BCUT2D eigenvalue weighted by Crippen LogP contribution is 2.33. The minimum atomic E-state index is -4.45. The molecule has 0 saturated carbocycles. The van der Waals surface area contributed by atoms with Crippen LogP contribution in [0.25, 0.3) is 11.4 Å². The summed E-state index contributed by atoms with van der Waals surface area (Å²) in [5, 5.41) is 6.78. The molecular formula is C14H14F3N3S. The predicted molar refractivity (Wildman–Crippen MR) is 75.2 cm³/mol. The SMILES string of the molecule is FC(F)(F)c1cc(C2CCNCC2)nc(-c2ccsc2)n1. The summed E-state index contributed by atoms with van der Waals surface area (Å²) in [5.74, 6) is 0.229. The Morgan fingerprint density at radius 1 is 1.19 bits per heavy atom. The number of alkyl halides is 3. The molecule has 0 atom stereocenters. The van der Waals surface area contributed by atoms with Gasteiger partial charge in [0.05, 0.1) is 0 Å². The Balaban J connectivity index is 2.04. The third-order valence-electron chi connectivity index (χ3n) is 3.57. The van der Waals surface area contributed by atoms with Gasteiger partial charge in [-0.1, -0.05) is 0 Å². The summed E-state index contributed by atoms with van der Waals surface area (Å²) in [7, 11) is 0. The monoisotopic (exact) mass is 313 g/mol. The summed E-state index contributed by atoms with van der Waals surface area (Å²) < 4.78 is 39.2. The van der Waals surface area contributed by atoms with Crippen LogP contribution in [0.1, 0.15) is 30.1 Å². The van der Waals surface area contributed by atoms with Crippen LogP contribution in [0.15, 0.2) is 22.9 Å². The molecule has 1 aliphatic heterocycles. The van der Waals surface area contributed by atoms with Crippen molar-refractivity contribution in [2.45, 2.75) is 24.9 Å². The van der Waals surface area contributed by atoms with Gasteiger partial charge in [0.1, 0.15) is 5.69 Å². The molecule has 0 bridgehead atoms. The van der Waals surface area contributed by atoms with Crippen molar-refractivity contribution >= 4 is 11.3 Å². The molecular weight excluding hydrogens is 299 g/mol. The number of rotatable bonds is 2. The molecule has 3 nitrogen and oxygen atoms in total. The second kappa shape index (κ2) is 5.73. The van der Waals surface area contributed by atoms with Crippen molar-refractivity contribution in [2.24, 2.45) is 0 Å². The van der Waals surface area contributed by atoms with E-state index in [1.165, 1.54) is 11.3 Å². The van der Waals surface area contributed by atoms with Crippen molar-refractivity contribution in [1.29, 1.82) is 0 Å². The fraction of sp³-hybridized carbons (Fsp3) is 0.429. The quantitative estimate of drug-likeness (QED) is 0.919. The molecule has 21 heavy (non-hydrogen) atoms. The number of thiophene rings is 1. The first-order chi connectivity index (χ1) is 10.0. The molecule has 1 aliphatic rings. The van der Waals surface area contributed by atoms with E-state index in [0.29, 0.717) is 11.3 Å². The Labute approximate surface area is 124 Å². The first kappa shape index (κ1) is 14.5. The van der Waals surface area contributed by atoms with Gasteiger partial charge >= 0.3 is 6.18 Å². The largest absolute Gasteiger partial charge is 0.433 e. The van der Waals surface area contributed by atoms with Crippen LogP contribution in [0, 0.1) is 0 Å². The van der Waals surface area contributed by atoms with Crippen LogP contribution in [0.4, 0.5) is 13.2 Å². The topological polar surface area (TPSA) is 37.8 Å². The van der Waals surface area contributed by atoms with Gasteiger partial charge in [0.15, 0.2) is 5.82 Å². The molecule has 3 heterocycles. The number of aromatic nitrogens is 2. The predicted octanol–water partition coefficient (Wildman–Crippen LogP) is 3.69. The number of halogens is 3. The van der Waals surface area contributed by atoms with Crippen molar-refractivity contribution < 1.29 is 13.2 Å². The molecule has 0 amide bonds. The van der Waals surface area contributed by atoms with Crippen LogP contribution >= 0.6 is 11.3 Å². The van der Waals surface area contributed by atoms with Crippen LogP contribution in [-0.2, 0) is 6.18 Å². The highest BCUT2D eigenvalue weighted by molar-refractivity contribution is 7.08. The normalized spacial score (nSPS) is 17.1. The zero-order chi connectivity index (χ0) is 14.9. The lowest BCUT2D eigenvalue weighted by Gasteiger charge is -2.23. The molecule has 112 valence electrons. The lowest BCUT2D eigenvalue weighted by Crippen LogP contribution is -2.27. The van der Waals surface area contributed by atoms with Crippen LogP contribution in [0.2, 0.25) is 0 Å². The second-order valence-electron chi connectivity index (χ2n) is 5.04. The number of hydrogen-bond donors (Lipinski definition) is 1. The van der Waals surface area contributed by atoms with E-state index in [0.717, 1.165) is 32.0 Å². The third kappa shape index (κ3) is 3.24. The third-order valence-corrected chi connectivity index (χ3v) is 4.26. The van der Waals surface area contributed by atoms with Gasteiger partial charge in [-0.05, 0) is 43.4 Å². The Morgan fingerprint density at radius 3 is 2.57 bits per heavy atom. The van der Waals surface area contributed by atoms with E-state index in [4.69, 9.17) is 0 Å². The summed E-state index contributed by atoms with van der Waals surface area (Å²) >= 11 is 1.42. The zero-order valence-electron chi connectivity index (χ0n) is 11.2. The van der Waals surface area contributed by atoms with Crippen molar-refractivity contribution in [2.75, 3.05) is 13.1 Å². The fourth-order valence-electron chi connectivity index (χ4n) is 2.46. The van der Waals surface area contributed by atoms with Gasteiger partial charge in [-0.15, -0.1) is 0 Å². The van der Waals surface area contributed by atoms with Crippen LogP contribution in [-0.4, -0.2) is 23.1 Å². The lowest BCUT2D eigenvalue weighted by atomic mass is 9.94. The van der Waals surface area contributed by atoms with Gasteiger partial charge in [-0.3, -0.25) is 0 Å². The van der Waals surface area contributed by atoms with E-state index in [2.05, 4.69) is 15.3 Å². The maximum absolute atomic E-state index is 13.1. The first-order valence-electron chi connectivity index (χ1n) is 6.73. The van der Waals surface area contributed by atoms with Crippen molar-refractivity contribution in [3.63, 3.8) is 0 Å². The maximum atomic E-state index is 13.1. The van der Waals surface area contributed by atoms with E-state index >= 15 is 0 Å². The fourth-order valence-corrected chi connectivity index (χ4v) is 3.09. The highest BCUT2D eigenvalue weighted by Gasteiger charge is 2.34. The second-order valence-corrected chi connectivity index (χ2v) is 5.82. The Bertz CT molecular complexity index is 604. The Morgan fingerprint density at radius 2 is 1.95 bits per heavy atom. The van der Waals surface area contributed by atoms with Crippen molar-refractivity contribution in [3.05, 3.63) is 34.3 Å². The summed E-state index contributed by atoms with van der Waals surface area (Å²) in [6.07, 6.45) is -2.84. The molecule has 0 aliphatic carbocycles. The Kier molecular flexibility index (Phi) is 3.95. The molecule has 7 heteroatoms. The number of hydrogen-bond acceptors (Lipinski definition) is 4. The lowest BCUT2D eigenvalue weighted by molar-refractivity contribution is -0.141. The van der Waals surface area contributed by atoms with E-state index in [-0.39, 0.29) is 11.7 Å². The van der Waals surface area contributed by atoms with Crippen molar-refractivity contribution in [3.8, 4) is 11.4 Å². The number of nitrogens with one attached hydrogen (secondary N) is 1. The molecule has 1 fully saturated rings. The van der Waals surface area contributed by atoms with Gasteiger partial charge < -0.3 is 5.32 Å². The smallest absolute Gasteiger partial charge is 0.317 e. The summed E-state index contributed by atoms with van der Waals surface area (Å²) in [4.78, 5) is 8.08. The van der Waals surface area contributed by atoms with E-state index in [1.54, 1.807) is 11.4 Å². The van der Waals surface area contributed by atoms with Crippen LogP contribution in [0.3, 0.4) is 0 Å². The van der Waals surface area contributed by atoms with Gasteiger partial charge in [0.25, 0.3) is 0 Å². The molecule has 3 rings (SSSR count). The van der Waals surface area contributed by atoms with Crippen LogP contribution in [0.5, 0.6) is 0 Å². The Hall–Kier alpha value is -1.47. The minimum absolute atomic E-state index is 0.0627. The standard InChI is InChI=1S/C14H14F3N3S/c15-14(16,17)12-7-11(9-1-4-18-5-2-9)19-13(20-12)10-3-6-21-8-10/h3,6-9,18H,1-2,4-5H2. The molecule has 2 aromatic heterocycles. The highest BCUT2D eigenvalue weighted by atomic mass is 32.1. The molecule has 0 unspecified atom stereocenters. The first-order valence-corrected chi connectivity index (χ1v) is 7.68. The zero-order valence-corrected chi connectivity index (χ0v) is 12.0. The molecule has 0 radical (unpaired) electrons. The van der Waals surface area contributed by atoms with E-state index in [1.807, 2.05) is 5.38 Å².